The number of thiophene rings is 1. The Morgan fingerprint density at radius 2 is 1.82 bits per heavy atom. The van der Waals surface area contributed by atoms with Gasteiger partial charge in [0.2, 0.25) is 9.84 Å². The smallest absolute Gasteiger partial charge is 0.207 e. The molecule has 0 radical (unpaired) electrons. The fraction of sp³-hybridized carbons (Fsp3) is 0.0909. The minimum Gasteiger partial charge on any atom is -0.218 e. The molecule has 17 heavy (non-hydrogen) atoms. The van der Waals surface area contributed by atoms with Gasteiger partial charge in [-0.3, -0.25) is 0 Å². The second-order valence-electron chi connectivity index (χ2n) is 3.46. The van der Waals surface area contributed by atoms with Crippen LogP contribution in [0.1, 0.15) is 5.56 Å². The zero-order chi connectivity index (χ0) is 12.6. The highest BCUT2D eigenvalue weighted by molar-refractivity contribution is 9.11. The van der Waals surface area contributed by atoms with Gasteiger partial charge in [0.25, 0.3) is 0 Å². The lowest BCUT2D eigenvalue weighted by Gasteiger charge is -2.03. The second kappa shape index (κ2) is 4.72. The molecule has 2 rings (SSSR count). The van der Waals surface area contributed by atoms with Gasteiger partial charge in [0, 0.05) is 10.4 Å². The molecule has 1 aromatic heterocycles. The van der Waals surface area contributed by atoms with Gasteiger partial charge in [-0.05, 0) is 52.7 Å². The van der Waals surface area contributed by atoms with Crippen LogP contribution >= 0.6 is 38.9 Å². The Bertz CT molecular complexity index is 645. The molecular weight excluding hydrogens is 344 g/mol. The molecule has 6 heteroatoms. The molecule has 0 amide bonds. The Morgan fingerprint density at radius 3 is 2.29 bits per heavy atom. The van der Waals surface area contributed by atoms with E-state index in [1.54, 1.807) is 24.4 Å². The lowest BCUT2D eigenvalue weighted by Crippen LogP contribution is -2.01. The monoisotopic (exact) mass is 350 g/mol. The van der Waals surface area contributed by atoms with E-state index in [1.165, 1.54) is 23.5 Å². The Morgan fingerprint density at radius 1 is 1.24 bits per heavy atom. The molecule has 0 saturated carbocycles. The first-order valence-electron chi connectivity index (χ1n) is 4.67. The molecule has 0 aliphatic heterocycles. The predicted octanol–water partition coefficient (Wildman–Crippen LogP) is 4.31. The number of benzene rings is 1. The van der Waals surface area contributed by atoms with Crippen LogP contribution in [0, 0.1) is 6.92 Å². The quantitative estimate of drug-likeness (QED) is 0.808. The number of sulfone groups is 1. The highest BCUT2D eigenvalue weighted by atomic mass is 79.9. The topological polar surface area (TPSA) is 34.1 Å². The maximum Gasteiger partial charge on any atom is 0.207 e. The van der Waals surface area contributed by atoms with Gasteiger partial charge in [-0.2, -0.15) is 0 Å². The maximum absolute atomic E-state index is 12.3. The Kier molecular flexibility index (Phi) is 3.63. The summed E-state index contributed by atoms with van der Waals surface area (Å²) in [6.45, 7) is 1.78. The summed E-state index contributed by atoms with van der Waals surface area (Å²) in [6, 6.07) is 6.18. The van der Waals surface area contributed by atoms with Crippen molar-refractivity contribution in [3.05, 3.63) is 44.0 Å². The fourth-order valence-corrected chi connectivity index (χ4v) is 4.78. The van der Waals surface area contributed by atoms with E-state index in [2.05, 4.69) is 15.9 Å². The van der Waals surface area contributed by atoms with Crippen LogP contribution in [-0.2, 0) is 9.84 Å². The molecule has 0 atom stereocenters. The van der Waals surface area contributed by atoms with Gasteiger partial charge >= 0.3 is 0 Å². The number of rotatable bonds is 2. The summed E-state index contributed by atoms with van der Waals surface area (Å²) in [7, 11) is -3.44. The lowest BCUT2D eigenvalue weighted by atomic mass is 10.4. The molecule has 0 aliphatic carbocycles. The average Bonchev–Trinajstić information content (AvgIpc) is 2.61. The van der Waals surface area contributed by atoms with E-state index in [9.17, 15) is 8.42 Å². The zero-order valence-electron chi connectivity index (χ0n) is 8.78. The first-order chi connectivity index (χ1) is 7.93. The van der Waals surface area contributed by atoms with E-state index in [-0.39, 0.29) is 4.90 Å². The minimum atomic E-state index is -3.44. The van der Waals surface area contributed by atoms with E-state index in [0.717, 1.165) is 9.35 Å². The zero-order valence-corrected chi connectivity index (χ0v) is 12.8. The van der Waals surface area contributed by atoms with Crippen LogP contribution in [0.3, 0.4) is 0 Å². The third kappa shape index (κ3) is 2.42. The van der Waals surface area contributed by atoms with Crippen LogP contribution in [0.25, 0.3) is 0 Å². The van der Waals surface area contributed by atoms with Crippen LogP contribution in [-0.4, -0.2) is 8.42 Å². The fourth-order valence-electron chi connectivity index (χ4n) is 1.38. The molecule has 1 heterocycles. The normalized spacial score (nSPS) is 11.7. The predicted molar refractivity (Wildman–Crippen MR) is 73.7 cm³/mol. The molecule has 0 N–H and O–H groups in total. The van der Waals surface area contributed by atoms with Crippen molar-refractivity contribution < 1.29 is 8.42 Å². The molecule has 1 aromatic carbocycles. The summed E-state index contributed by atoms with van der Waals surface area (Å²) in [5.41, 5.74) is 0.741. The van der Waals surface area contributed by atoms with Gasteiger partial charge in [-0.1, -0.05) is 11.6 Å². The second-order valence-corrected chi connectivity index (χ2v) is 8.01. The van der Waals surface area contributed by atoms with E-state index >= 15 is 0 Å². The van der Waals surface area contributed by atoms with Crippen molar-refractivity contribution in [2.45, 2.75) is 16.7 Å². The van der Waals surface area contributed by atoms with Gasteiger partial charge in [0.1, 0.15) is 0 Å². The highest BCUT2D eigenvalue weighted by Crippen LogP contribution is 2.33. The van der Waals surface area contributed by atoms with Gasteiger partial charge in [0.15, 0.2) is 0 Å². The molecular formula is C11H8BrClO2S2. The summed E-state index contributed by atoms with van der Waals surface area (Å²) < 4.78 is 25.5. The van der Waals surface area contributed by atoms with Crippen LogP contribution in [0.2, 0.25) is 5.02 Å². The van der Waals surface area contributed by atoms with Gasteiger partial charge in [-0.25, -0.2) is 8.42 Å². The number of hydrogen-bond acceptors (Lipinski definition) is 3. The SMILES string of the molecule is Cc1c(S(=O)(=O)c2ccc(Cl)cc2)csc1Br. The van der Waals surface area contributed by atoms with Crippen molar-refractivity contribution >= 4 is 48.7 Å². The van der Waals surface area contributed by atoms with Gasteiger partial charge in [0.05, 0.1) is 13.6 Å². The van der Waals surface area contributed by atoms with Crippen molar-refractivity contribution in [2.24, 2.45) is 0 Å². The van der Waals surface area contributed by atoms with E-state index < -0.39 is 9.84 Å². The first-order valence-corrected chi connectivity index (χ1v) is 8.20. The van der Waals surface area contributed by atoms with Crippen LogP contribution in [0.4, 0.5) is 0 Å². The third-order valence-electron chi connectivity index (χ3n) is 2.35. The first kappa shape index (κ1) is 13.1. The summed E-state index contributed by atoms with van der Waals surface area (Å²) in [5, 5.41) is 2.16. The summed E-state index contributed by atoms with van der Waals surface area (Å²) in [6.07, 6.45) is 0. The Balaban J connectivity index is 2.58. The average molecular weight is 352 g/mol. The highest BCUT2D eigenvalue weighted by Gasteiger charge is 2.22. The molecule has 2 aromatic rings. The molecule has 2 nitrogen and oxygen atoms in total. The number of hydrogen-bond donors (Lipinski definition) is 0. The molecule has 90 valence electrons. The molecule has 0 bridgehead atoms. The van der Waals surface area contributed by atoms with Crippen molar-refractivity contribution in [1.29, 1.82) is 0 Å². The van der Waals surface area contributed by atoms with E-state index in [0.29, 0.717) is 9.92 Å². The summed E-state index contributed by atoms with van der Waals surface area (Å²) >= 11 is 10.4. The van der Waals surface area contributed by atoms with Crippen LogP contribution < -0.4 is 0 Å². The Hall–Kier alpha value is -0.360. The number of halogens is 2. The van der Waals surface area contributed by atoms with Crippen molar-refractivity contribution in [3.8, 4) is 0 Å². The third-order valence-corrected chi connectivity index (χ3v) is 6.67. The van der Waals surface area contributed by atoms with Crippen molar-refractivity contribution in [1.82, 2.24) is 0 Å². The minimum absolute atomic E-state index is 0.260. The van der Waals surface area contributed by atoms with Crippen molar-refractivity contribution in [2.75, 3.05) is 0 Å². The van der Waals surface area contributed by atoms with E-state index in [1.807, 2.05) is 0 Å². The van der Waals surface area contributed by atoms with Gasteiger partial charge in [-0.15, -0.1) is 11.3 Å². The standard InChI is InChI=1S/C11H8BrClO2S2/c1-7-10(6-16-11(7)12)17(14,15)9-4-2-8(13)3-5-9/h2-6H,1H3. The molecule has 0 saturated heterocycles. The van der Waals surface area contributed by atoms with Crippen LogP contribution in [0.5, 0.6) is 0 Å². The largest absolute Gasteiger partial charge is 0.218 e. The molecule has 0 spiro atoms. The van der Waals surface area contributed by atoms with Crippen molar-refractivity contribution in [3.63, 3.8) is 0 Å². The van der Waals surface area contributed by atoms with Crippen LogP contribution in [0.15, 0.2) is 43.2 Å². The van der Waals surface area contributed by atoms with Gasteiger partial charge < -0.3 is 0 Å². The maximum atomic E-state index is 12.3. The lowest BCUT2D eigenvalue weighted by molar-refractivity contribution is 0.596. The molecule has 0 fully saturated rings. The Labute approximate surface area is 117 Å². The summed E-state index contributed by atoms with van der Waals surface area (Å²) in [5.74, 6) is 0. The molecule has 0 unspecified atom stereocenters. The molecule has 0 aliphatic rings. The van der Waals surface area contributed by atoms with E-state index in [4.69, 9.17) is 11.6 Å². The summed E-state index contributed by atoms with van der Waals surface area (Å²) in [4.78, 5) is 0.604.